The van der Waals surface area contributed by atoms with Gasteiger partial charge in [0.2, 0.25) is 0 Å². The van der Waals surface area contributed by atoms with E-state index in [4.69, 9.17) is 21.1 Å². The Labute approximate surface area is 164 Å². The quantitative estimate of drug-likeness (QED) is 0.309. The number of carbonyl (C=O) groups is 3. The Hall–Kier alpha value is -3.46. The number of esters is 1. The monoisotopic (exact) mass is 406 g/mol. The van der Waals surface area contributed by atoms with Crippen molar-refractivity contribution in [2.75, 3.05) is 18.5 Å². The van der Waals surface area contributed by atoms with Crippen molar-refractivity contribution >= 4 is 40.6 Å². The molecule has 0 radical (unpaired) electrons. The fourth-order valence-corrected chi connectivity index (χ4v) is 2.26. The number of ether oxygens (including phenoxy) is 2. The van der Waals surface area contributed by atoms with Crippen LogP contribution in [0, 0.1) is 10.1 Å². The number of halogens is 1. The van der Waals surface area contributed by atoms with Gasteiger partial charge in [-0.1, -0.05) is 23.7 Å². The van der Waals surface area contributed by atoms with Gasteiger partial charge in [0, 0.05) is 17.7 Å². The third kappa shape index (κ3) is 6.06. The average molecular weight is 407 g/mol. The van der Waals surface area contributed by atoms with E-state index >= 15 is 0 Å². The highest BCUT2D eigenvalue weighted by molar-refractivity contribution is 6.34. The summed E-state index contributed by atoms with van der Waals surface area (Å²) >= 11 is 5.86. The van der Waals surface area contributed by atoms with Gasteiger partial charge in [0.1, 0.15) is 5.75 Å². The fourth-order valence-electron chi connectivity index (χ4n) is 2.04. The molecule has 2 rings (SSSR count). The van der Waals surface area contributed by atoms with E-state index in [9.17, 15) is 24.5 Å². The van der Waals surface area contributed by atoms with Crippen LogP contribution in [0.25, 0.3) is 0 Å². The summed E-state index contributed by atoms with van der Waals surface area (Å²) in [6.45, 7) is 0.360. The van der Waals surface area contributed by atoms with Gasteiger partial charge in [-0.2, -0.15) is 0 Å². The van der Waals surface area contributed by atoms with Crippen LogP contribution in [0.3, 0.4) is 0 Å². The predicted octanol–water partition coefficient (Wildman–Crippen LogP) is 3.01. The van der Waals surface area contributed by atoms with E-state index in [0.29, 0.717) is 11.3 Å². The van der Waals surface area contributed by atoms with Crippen LogP contribution in [-0.2, 0) is 14.3 Å². The molecule has 28 heavy (non-hydrogen) atoms. The highest BCUT2D eigenvalue weighted by Gasteiger charge is 2.13. The third-order valence-corrected chi connectivity index (χ3v) is 3.71. The Bertz CT molecular complexity index is 930. The van der Waals surface area contributed by atoms with Crippen molar-refractivity contribution in [3.05, 3.63) is 63.2 Å². The number of amides is 1. The van der Waals surface area contributed by atoms with E-state index in [1.54, 1.807) is 18.2 Å². The zero-order valence-corrected chi connectivity index (χ0v) is 15.4. The van der Waals surface area contributed by atoms with E-state index < -0.39 is 30.0 Å². The molecule has 0 bridgehead atoms. The number of rotatable bonds is 8. The normalized spacial score (nSPS) is 10.1. The Morgan fingerprint density at radius 2 is 1.89 bits per heavy atom. The Kier molecular flexibility index (Phi) is 7.05. The maximum absolute atomic E-state index is 11.8. The number of nitrogens with zero attached hydrogens (tertiary/aromatic N) is 1. The molecule has 0 aliphatic carbocycles. The van der Waals surface area contributed by atoms with E-state index in [1.165, 1.54) is 25.1 Å². The second-order valence-electron chi connectivity index (χ2n) is 5.50. The molecular weight excluding hydrogens is 392 g/mol. The first kappa shape index (κ1) is 20.8. The first-order valence-corrected chi connectivity index (χ1v) is 8.27. The van der Waals surface area contributed by atoms with Crippen LogP contribution in [-0.4, -0.2) is 35.8 Å². The minimum atomic E-state index is -0.793. The number of nitrogens with one attached hydrogen (secondary N) is 1. The number of hydrogen-bond donors (Lipinski definition) is 1. The minimum absolute atomic E-state index is 0.0254. The summed E-state index contributed by atoms with van der Waals surface area (Å²) in [6.07, 6.45) is 0. The zero-order valence-electron chi connectivity index (χ0n) is 14.6. The van der Waals surface area contributed by atoms with Gasteiger partial charge < -0.3 is 14.8 Å². The first-order chi connectivity index (χ1) is 13.3. The molecular formula is C18H15ClN2O7. The van der Waals surface area contributed by atoms with Crippen LogP contribution < -0.4 is 10.1 Å². The molecule has 0 saturated carbocycles. The van der Waals surface area contributed by atoms with Crippen LogP contribution in [0.15, 0.2) is 42.5 Å². The summed E-state index contributed by atoms with van der Waals surface area (Å²) in [5.74, 6) is -1.30. The molecule has 0 atom stereocenters. The lowest BCUT2D eigenvalue weighted by atomic mass is 10.1. The van der Waals surface area contributed by atoms with E-state index in [-0.39, 0.29) is 22.2 Å². The number of nitro benzene ring substituents is 1. The molecule has 2 aromatic carbocycles. The fraction of sp³-hybridized carbons (Fsp3) is 0.167. The van der Waals surface area contributed by atoms with Crippen molar-refractivity contribution < 1.29 is 28.8 Å². The lowest BCUT2D eigenvalue weighted by molar-refractivity contribution is -0.384. The molecule has 10 heteroatoms. The molecule has 9 nitrogen and oxygen atoms in total. The molecule has 0 aliphatic rings. The van der Waals surface area contributed by atoms with Crippen LogP contribution in [0.2, 0.25) is 5.02 Å². The summed E-state index contributed by atoms with van der Waals surface area (Å²) in [5, 5.41) is 13.0. The molecule has 0 aliphatic heterocycles. The highest BCUT2D eigenvalue weighted by atomic mass is 35.5. The van der Waals surface area contributed by atoms with Crippen molar-refractivity contribution in [2.45, 2.75) is 6.92 Å². The third-order valence-electron chi connectivity index (χ3n) is 3.40. The molecule has 0 unspecified atom stereocenters. The van der Waals surface area contributed by atoms with Gasteiger partial charge in [-0.25, -0.2) is 4.79 Å². The van der Waals surface area contributed by atoms with Crippen molar-refractivity contribution in [2.24, 2.45) is 0 Å². The minimum Gasteiger partial charge on any atom is -0.482 e. The van der Waals surface area contributed by atoms with Crippen molar-refractivity contribution in [3.8, 4) is 5.75 Å². The summed E-state index contributed by atoms with van der Waals surface area (Å²) < 4.78 is 10.0. The summed E-state index contributed by atoms with van der Waals surface area (Å²) in [7, 11) is 0. The number of non-ortho nitro benzene ring substituents is 1. The molecule has 1 amide bonds. The zero-order chi connectivity index (χ0) is 20.7. The van der Waals surface area contributed by atoms with Crippen LogP contribution in [0.1, 0.15) is 17.3 Å². The lowest BCUT2D eigenvalue weighted by Gasteiger charge is -2.09. The maximum Gasteiger partial charge on any atom is 0.344 e. The average Bonchev–Trinajstić information content (AvgIpc) is 2.66. The van der Waals surface area contributed by atoms with Gasteiger partial charge in [-0.3, -0.25) is 19.7 Å². The lowest BCUT2D eigenvalue weighted by Crippen LogP contribution is -2.23. The van der Waals surface area contributed by atoms with Gasteiger partial charge >= 0.3 is 5.97 Å². The second-order valence-corrected chi connectivity index (χ2v) is 5.91. The number of carbonyl (C=O) groups excluding carboxylic acids is 3. The molecule has 0 fully saturated rings. The highest BCUT2D eigenvalue weighted by Crippen LogP contribution is 2.26. The molecule has 0 aromatic heterocycles. The predicted molar refractivity (Wildman–Crippen MR) is 99.6 cm³/mol. The molecule has 146 valence electrons. The molecule has 2 aromatic rings. The van der Waals surface area contributed by atoms with Crippen LogP contribution in [0.5, 0.6) is 5.75 Å². The van der Waals surface area contributed by atoms with Crippen LogP contribution in [0.4, 0.5) is 11.4 Å². The van der Waals surface area contributed by atoms with Crippen molar-refractivity contribution in [3.63, 3.8) is 0 Å². The van der Waals surface area contributed by atoms with Crippen molar-refractivity contribution in [1.29, 1.82) is 0 Å². The number of Topliss-reactive ketones (excluding diaryl/α,β-unsaturated/α-hetero) is 1. The summed E-state index contributed by atoms with van der Waals surface area (Å²) in [4.78, 5) is 44.8. The summed E-state index contributed by atoms with van der Waals surface area (Å²) in [6, 6.07) is 9.82. The number of benzene rings is 2. The van der Waals surface area contributed by atoms with Gasteiger partial charge in [0.05, 0.1) is 15.6 Å². The Balaban J connectivity index is 1.81. The Morgan fingerprint density at radius 1 is 1.14 bits per heavy atom. The largest absolute Gasteiger partial charge is 0.482 e. The van der Waals surface area contributed by atoms with Gasteiger partial charge in [-0.05, 0) is 25.1 Å². The van der Waals surface area contributed by atoms with E-state index in [1.807, 2.05) is 0 Å². The first-order valence-electron chi connectivity index (χ1n) is 7.89. The second kappa shape index (κ2) is 9.47. The molecule has 0 spiro atoms. The number of hydrogen-bond acceptors (Lipinski definition) is 7. The Morgan fingerprint density at radius 3 is 2.54 bits per heavy atom. The summed E-state index contributed by atoms with van der Waals surface area (Å²) in [5.41, 5.74) is 0.358. The van der Waals surface area contributed by atoms with Crippen LogP contribution >= 0.6 is 11.6 Å². The number of nitro groups is 1. The number of ketones is 1. The van der Waals surface area contributed by atoms with E-state index in [0.717, 1.165) is 6.07 Å². The standard InChI is InChI=1S/C18H15ClN2O7/c1-11(22)12-3-2-4-14(7-12)27-10-18(24)28-9-17(23)20-16-6-5-13(21(25)26)8-15(16)19/h2-8H,9-10H2,1H3,(H,20,23). The van der Waals surface area contributed by atoms with E-state index in [2.05, 4.69) is 5.32 Å². The molecule has 0 saturated heterocycles. The maximum atomic E-state index is 11.8. The SMILES string of the molecule is CC(=O)c1cccc(OCC(=O)OCC(=O)Nc2ccc([N+](=O)[O-])cc2Cl)c1. The topological polar surface area (TPSA) is 125 Å². The molecule has 1 N–H and O–H groups in total. The smallest absolute Gasteiger partial charge is 0.344 e. The van der Waals surface area contributed by atoms with Crippen molar-refractivity contribution in [1.82, 2.24) is 0 Å². The number of anilines is 1. The molecule has 0 heterocycles. The van der Waals surface area contributed by atoms with Gasteiger partial charge in [0.15, 0.2) is 19.0 Å². The van der Waals surface area contributed by atoms with Gasteiger partial charge in [-0.15, -0.1) is 0 Å². The van der Waals surface area contributed by atoms with Gasteiger partial charge in [0.25, 0.3) is 11.6 Å².